The summed E-state index contributed by atoms with van der Waals surface area (Å²) in [6, 6.07) is 67.9. The molecule has 10 rings (SSSR count). The van der Waals surface area contributed by atoms with Gasteiger partial charge in [-0.1, -0.05) is 127 Å². The van der Waals surface area contributed by atoms with Gasteiger partial charge in [0.25, 0.3) is 6.71 Å². The summed E-state index contributed by atoms with van der Waals surface area (Å²) in [5.41, 5.74) is 17.7. The lowest BCUT2D eigenvalue weighted by Crippen LogP contribution is -2.61. The minimum absolute atomic E-state index is 0.0693. The maximum Gasteiger partial charge on any atom is 0.252 e. The molecule has 3 heterocycles. The van der Waals surface area contributed by atoms with Gasteiger partial charge in [0.1, 0.15) is 0 Å². The number of hydrogen-bond acceptors (Lipinski definition) is 3. The highest BCUT2D eigenvalue weighted by Gasteiger charge is 2.43. The molecule has 0 unspecified atom stereocenters. The zero-order valence-corrected chi connectivity index (χ0v) is 27.9. The first-order chi connectivity index (χ1) is 25.3. The Kier molecular flexibility index (Phi) is 6.92. The fourth-order valence-corrected chi connectivity index (χ4v) is 8.00. The van der Waals surface area contributed by atoms with Gasteiger partial charge in [-0.25, -0.2) is 0 Å². The molecular weight excluding hydrogens is 617 g/mol. The SMILES string of the molecule is c1ccc(-c2ccc(N3c4ccccc4B4c5ccccc5N(c5ccc(-c6ccccc6)cc5)c5cc(-c6ccccn6)cc3c54)cc2)cc1. The normalized spacial score (nSPS) is 12.6. The van der Waals surface area contributed by atoms with Crippen LogP contribution in [-0.2, 0) is 0 Å². The van der Waals surface area contributed by atoms with Crippen LogP contribution in [0.3, 0.4) is 0 Å². The van der Waals surface area contributed by atoms with E-state index in [0.717, 1.165) is 22.6 Å². The van der Waals surface area contributed by atoms with E-state index >= 15 is 0 Å². The van der Waals surface area contributed by atoms with Gasteiger partial charge in [0.15, 0.2) is 0 Å². The molecule has 0 N–H and O–H groups in total. The van der Waals surface area contributed by atoms with Gasteiger partial charge in [-0.3, -0.25) is 4.98 Å². The van der Waals surface area contributed by atoms with Crippen LogP contribution in [0.1, 0.15) is 0 Å². The Morgan fingerprint density at radius 2 is 0.784 bits per heavy atom. The van der Waals surface area contributed by atoms with Crippen LogP contribution in [0.4, 0.5) is 34.1 Å². The minimum Gasteiger partial charge on any atom is -0.311 e. The van der Waals surface area contributed by atoms with E-state index in [0.29, 0.717) is 0 Å². The first-order valence-electron chi connectivity index (χ1n) is 17.5. The van der Waals surface area contributed by atoms with Crippen molar-refractivity contribution in [3.8, 4) is 33.5 Å². The van der Waals surface area contributed by atoms with Crippen molar-refractivity contribution in [2.24, 2.45) is 0 Å². The number of aromatic nitrogens is 1. The zero-order valence-electron chi connectivity index (χ0n) is 27.9. The molecule has 2 aliphatic heterocycles. The van der Waals surface area contributed by atoms with E-state index in [4.69, 9.17) is 4.98 Å². The quantitative estimate of drug-likeness (QED) is 0.173. The third-order valence-corrected chi connectivity index (χ3v) is 10.3. The Labute approximate surface area is 298 Å². The topological polar surface area (TPSA) is 19.4 Å². The second kappa shape index (κ2) is 12.0. The summed E-state index contributed by atoms with van der Waals surface area (Å²) in [6.07, 6.45) is 1.88. The summed E-state index contributed by atoms with van der Waals surface area (Å²) in [4.78, 5) is 9.76. The lowest BCUT2D eigenvalue weighted by atomic mass is 9.33. The largest absolute Gasteiger partial charge is 0.311 e. The number of nitrogens with zero attached hydrogens (tertiary/aromatic N) is 3. The first-order valence-corrected chi connectivity index (χ1v) is 17.5. The molecule has 2 aliphatic rings. The molecule has 238 valence electrons. The van der Waals surface area contributed by atoms with Gasteiger partial charge in [0.05, 0.1) is 5.69 Å². The number of hydrogen-bond donors (Lipinski definition) is 0. The third-order valence-electron chi connectivity index (χ3n) is 10.3. The Morgan fingerprint density at radius 1 is 0.353 bits per heavy atom. The Balaban J connectivity index is 1.22. The number of pyridine rings is 1. The van der Waals surface area contributed by atoms with E-state index < -0.39 is 0 Å². The second-order valence-corrected chi connectivity index (χ2v) is 13.2. The number of rotatable bonds is 5. The standard InChI is InChI=1S/C47H32BN3/c1-3-13-33(14-4-1)35-22-26-38(27-23-35)50-43-20-9-7-17-40(43)48-41-18-8-10-21-44(41)51(39-28-24-36(25-29-39)34-15-5-2-6-16-34)46-32-37(31-45(50)47(46)48)42-19-11-12-30-49-42/h1-32H. The average Bonchev–Trinajstić information content (AvgIpc) is 3.22. The number of anilines is 6. The molecule has 0 atom stereocenters. The minimum atomic E-state index is 0.0693. The molecule has 0 saturated heterocycles. The van der Waals surface area contributed by atoms with E-state index in [1.165, 1.54) is 61.4 Å². The lowest BCUT2D eigenvalue weighted by molar-refractivity contribution is 1.25. The second-order valence-electron chi connectivity index (χ2n) is 13.2. The van der Waals surface area contributed by atoms with Gasteiger partial charge in [0.2, 0.25) is 0 Å². The van der Waals surface area contributed by atoms with E-state index in [-0.39, 0.29) is 6.71 Å². The molecule has 4 heteroatoms. The molecule has 1 aromatic heterocycles. The summed E-state index contributed by atoms with van der Waals surface area (Å²) in [5, 5.41) is 0. The Hall–Kier alpha value is -6.65. The van der Waals surface area contributed by atoms with Crippen LogP contribution < -0.4 is 26.2 Å². The summed E-state index contributed by atoms with van der Waals surface area (Å²) in [7, 11) is 0. The van der Waals surface area contributed by atoms with Crippen LogP contribution >= 0.6 is 0 Å². The third kappa shape index (κ3) is 4.87. The van der Waals surface area contributed by atoms with Crippen LogP contribution in [0.2, 0.25) is 0 Å². The fourth-order valence-electron chi connectivity index (χ4n) is 8.00. The van der Waals surface area contributed by atoms with Crippen molar-refractivity contribution in [1.29, 1.82) is 0 Å². The fraction of sp³-hybridized carbons (Fsp3) is 0. The predicted molar refractivity (Wildman–Crippen MR) is 215 cm³/mol. The summed E-state index contributed by atoms with van der Waals surface area (Å²) < 4.78 is 0. The van der Waals surface area contributed by atoms with Gasteiger partial charge in [-0.05, 0) is 99.3 Å². The zero-order chi connectivity index (χ0) is 33.7. The highest BCUT2D eigenvalue weighted by atomic mass is 15.2. The molecule has 0 bridgehead atoms. The predicted octanol–water partition coefficient (Wildman–Crippen LogP) is 10.2. The monoisotopic (exact) mass is 649 g/mol. The van der Waals surface area contributed by atoms with Crippen LogP contribution in [0, 0.1) is 0 Å². The summed E-state index contributed by atoms with van der Waals surface area (Å²) in [6.45, 7) is 0.0693. The molecule has 0 aliphatic carbocycles. The molecule has 3 nitrogen and oxygen atoms in total. The van der Waals surface area contributed by atoms with Crippen molar-refractivity contribution in [1.82, 2.24) is 4.98 Å². The Morgan fingerprint density at radius 3 is 1.25 bits per heavy atom. The molecule has 0 radical (unpaired) electrons. The van der Waals surface area contributed by atoms with Crippen molar-refractivity contribution in [2.75, 3.05) is 9.80 Å². The highest BCUT2D eigenvalue weighted by molar-refractivity contribution is 7.00. The number of benzene rings is 7. The van der Waals surface area contributed by atoms with Gasteiger partial charge < -0.3 is 9.80 Å². The van der Waals surface area contributed by atoms with Crippen molar-refractivity contribution in [3.63, 3.8) is 0 Å². The van der Waals surface area contributed by atoms with Gasteiger partial charge in [-0.15, -0.1) is 0 Å². The average molecular weight is 650 g/mol. The summed E-state index contributed by atoms with van der Waals surface area (Å²) >= 11 is 0. The molecule has 0 fully saturated rings. The van der Waals surface area contributed by atoms with Crippen LogP contribution in [0.15, 0.2) is 194 Å². The van der Waals surface area contributed by atoms with Crippen molar-refractivity contribution in [3.05, 3.63) is 194 Å². The van der Waals surface area contributed by atoms with Crippen molar-refractivity contribution < 1.29 is 0 Å². The first kappa shape index (κ1) is 29.3. The maximum atomic E-state index is 4.85. The highest BCUT2D eigenvalue weighted by Crippen LogP contribution is 2.46. The molecule has 0 saturated carbocycles. The van der Waals surface area contributed by atoms with E-state index in [1.807, 2.05) is 12.3 Å². The maximum absolute atomic E-state index is 4.85. The van der Waals surface area contributed by atoms with Gasteiger partial charge in [-0.2, -0.15) is 0 Å². The summed E-state index contributed by atoms with van der Waals surface area (Å²) in [5.74, 6) is 0. The van der Waals surface area contributed by atoms with Crippen LogP contribution in [-0.4, -0.2) is 11.7 Å². The van der Waals surface area contributed by atoms with Gasteiger partial charge in [0, 0.05) is 45.9 Å². The van der Waals surface area contributed by atoms with Gasteiger partial charge >= 0.3 is 0 Å². The van der Waals surface area contributed by atoms with Crippen molar-refractivity contribution >= 4 is 57.2 Å². The van der Waals surface area contributed by atoms with E-state index in [9.17, 15) is 0 Å². The number of fused-ring (bicyclic) bond motifs is 4. The molecule has 8 aromatic rings. The van der Waals surface area contributed by atoms with E-state index in [1.54, 1.807) is 0 Å². The molecular formula is C47H32BN3. The van der Waals surface area contributed by atoms with Crippen molar-refractivity contribution in [2.45, 2.75) is 0 Å². The number of para-hydroxylation sites is 2. The molecule has 0 spiro atoms. The van der Waals surface area contributed by atoms with Crippen LogP contribution in [0.5, 0.6) is 0 Å². The molecule has 0 amide bonds. The lowest BCUT2D eigenvalue weighted by Gasteiger charge is -2.44. The Bertz CT molecular complexity index is 2360. The molecule has 7 aromatic carbocycles. The van der Waals surface area contributed by atoms with E-state index in [2.05, 4.69) is 192 Å². The molecule has 51 heavy (non-hydrogen) atoms. The van der Waals surface area contributed by atoms with Crippen LogP contribution in [0.25, 0.3) is 33.5 Å². The smallest absolute Gasteiger partial charge is 0.252 e.